The van der Waals surface area contributed by atoms with Gasteiger partial charge in [-0.25, -0.2) is 16.8 Å². The third kappa shape index (κ3) is 4.72. The van der Waals surface area contributed by atoms with Gasteiger partial charge in [0.2, 0.25) is 20.0 Å². The van der Waals surface area contributed by atoms with Gasteiger partial charge in [-0.3, -0.25) is 4.79 Å². The molecule has 2 aromatic rings. The number of piperidine rings is 1. The Balaban J connectivity index is 1.45. The number of hydrogen-bond donors (Lipinski definition) is 0. The number of piperazine rings is 1. The maximum absolute atomic E-state index is 13.1. The van der Waals surface area contributed by atoms with Crippen LogP contribution in [0.3, 0.4) is 0 Å². The number of aryl methyl sites for hydroxylation is 2. The van der Waals surface area contributed by atoms with E-state index in [9.17, 15) is 21.6 Å². The lowest BCUT2D eigenvalue weighted by Gasteiger charge is -2.34. The van der Waals surface area contributed by atoms with Gasteiger partial charge in [0, 0.05) is 52.5 Å². The number of carbonyl (C=O) groups is 1. The molecule has 1 aromatic carbocycles. The van der Waals surface area contributed by atoms with E-state index < -0.39 is 20.0 Å². The first-order valence-electron chi connectivity index (χ1n) is 11.1. The Morgan fingerprint density at radius 3 is 1.91 bits per heavy atom. The monoisotopic (exact) mass is 494 g/mol. The molecular weight excluding hydrogens is 464 g/mol. The fourth-order valence-corrected chi connectivity index (χ4v) is 7.31. The van der Waals surface area contributed by atoms with E-state index in [2.05, 4.69) is 0 Å². The molecule has 0 unspecified atom stereocenters. The van der Waals surface area contributed by atoms with Gasteiger partial charge in [-0.15, -0.1) is 0 Å². The number of sulfonamides is 2. The van der Waals surface area contributed by atoms with E-state index in [1.54, 1.807) is 36.2 Å². The summed E-state index contributed by atoms with van der Waals surface area (Å²) in [5, 5.41) is 0. The van der Waals surface area contributed by atoms with Gasteiger partial charge in [-0.2, -0.15) is 8.61 Å². The van der Waals surface area contributed by atoms with Crippen molar-refractivity contribution in [2.24, 2.45) is 7.05 Å². The van der Waals surface area contributed by atoms with Crippen LogP contribution in [0.2, 0.25) is 0 Å². The Morgan fingerprint density at radius 1 is 0.758 bits per heavy atom. The molecule has 4 rings (SSSR count). The highest BCUT2D eigenvalue weighted by Gasteiger charge is 2.33. The first-order valence-corrected chi connectivity index (χ1v) is 14.0. The maximum Gasteiger partial charge on any atom is 0.270 e. The Kier molecular flexibility index (Phi) is 6.68. The molecule has 2 saturated heterocycles. The zero-order valence-corrected chi connectivity index (χ0v) is 20.6. The lowest BCUT2D eigenvalue weighted by Crippen LogP contribution is -2.50. The normalized spacial score (nSPS) is 19.0. The standard InChI is InChI=1S/C22H30N4O5S2/c1-18-6-8-19(9-7-18)32(28,29)26-14-12-24(13-15-26)22(27)21-16-20(17-23(21)2)33(30,31)25-10-4-3-5-11-25/h6-9,16-17H,3-5,10-15H2,1-2H3. The maximum atomic E-state index is 13.1. The molecular formula is C22H30N4O5S2. The van der Waals surface area contributed by atoms with Crippen molar-refractivity contribution < 1.29 is 21.6 Å². The highest BCUT2D eigenvalue weighted by atomic mass is 32.2. The van der Waals surface area contributed by atoms with Gasteiger partial charge in [-0.05, 0) is 38.0 Å². The molecule has 0 bridgehead atoms. The van der Waals surface area contributed by atoms with Gasteiger partial charge >= 0.3 is 0 Å². The third-order valence-electron chi connectivity index (χ3n) is 6.34. The van der Waals surface area contributed by atoms with Gasteiger partial charge in [0.05, 0.1) is 4.90 Å². The quantitative estimate of drug-likeness (QED) is 0.629. The van der Waals surface area contributed by atoms with E-state index in [4.69, 9.17) is 0 Å². The van der Waals surface area contributed by atoms with Crippen LogP contribution < -0.4 is 0 Å². The second kappa shape index (κ2) is 9.21. The van der Waals surface area contributed by atoms with Crippen LogP contribution in [0, 0.1) is 6.92 Å². The molecule has 11 heteroatoms. The molecule has 180 valence electrons. The molecule has 3 heterocycles. The fourth-order valence-electron chi connectivity index (χ4n) is 4.30. The average molecular weight is 495 g/mol. The van der Waals surface area contributed by atoms with Crippen molar-refractivity contribution in [1.29, 1.82) is 0 Å². The number of carbonyl (C=O) groups excluding carboxylic acids is 1. The molecule has 2 aliphatic rings. The molecule has 33 heavy (non-hydrogen) atoms. The van der Waals surface area contributed by atoms with Crippen LogP contribution >= 0.6 is 0 Å². The highest BCUT2D eigenvalue weighted by Crippen LogP contribution is 2.24. The minimum absolute atomic E-state index is 0.121. The number of nitrogens with zero attached hydrogens (tertiary/aromatic N) is 4. The summed E-state index contributed by atoms with van der Waals surface area (Å²) in [5.74, 6) is -0.301. The van der Waals surface area contributed by atoms with Gasteiger partial charge in [0.25, 0.3) is 5.91 Å². The van der Waals surface area contributed by atoms with Crippen molar-refractivity contribution in [3.8, 4) is 0 Å². The van der Waals surface area contributed by atoms with Crippen molar-refractivity contribution >= 4 is 26.0 Å². The van der Waals surface area contributed by atoms with Crippen molar-refractivity contribution in [3.63, 3.8) is 0 Å². The largest absolute Gasteiger partial charge is 0.345 e. The molecule has 9 nitrogen and oxygen atoms in total. The Hall–Kier alpha value is -2.21. The minimum Gasteiger partial charge on any atom is -0.345 e. The van der Waals surface area contributed by atoms with Gasteiger partial charge in [0.1, 0.15) is 10.6 Å². The molecule has 2 fully saturated rings. The van der Waals surface area contributed by atoms with E-state index in [1.165, 1.54) is 25.4 Å². The molecule has 2 aliphatic heterocycles. The summed E-state index contributed by atoms with van der Waals surface area (Å²) < 4.78 is 56.2. The highest BCUT2D eigenvalue weighted by molar-refractivity contribution is 7.89. The number of hydrogen-bond acceptors (Lipinski definition) is 5. The second-order valence-corrected chi connectivity index (χ2v) is 12.5. The van der Waals surface area contributed by atoms with E-state index >= 15 is 0 Å². The molecule has 0 aliphatic carbocycles. The van der Waals surface area contributed by atoms with Crippen LogP contribution in [0.25, 0.3) is 0 Å². The van der Waals surface area contributed by atoms with Gasteiger partial charge in [0.15, 0.2) is 0 Å². The van der Waals surface area contributed by atoms with Crippen LogP contribution in [-0.4, -0.2) is 80.1 Å². The summed E-state index contributed by atoms with van der Waals surface area (Å²) in [4.78, 5) is 15.1. The van der Waals surface area contributed by atoms with Crippen LogP contribution in [-0.2, 0) is 27.1 Å². The summed E-state index contributed by atoms with van der Waals surface area (Å²) in [7, 11) is -5.61. The summed E-state index contributed by atoms with van der Waals surface area (Å²) in [6.07, 6.45) is 4.19. The summed E-state index contributed by atoms with van der Waals surface area (Å²) >= 11 is 0. The molecule has 0 spiro atoms. The number of rotatable bonds is 5. The van der Waals surface area contributed by atoms with E-state index in [0.717, 1.165) is 24.8 Å². The van der Waals surface area contributed by atoms with Crippen LogP contribution in [0.15, 0.2) is 46.3 Å². The molecule has 0 saturated carbocycles. The zero-order chi connectivity index (χ0) is 23.8. The molecule has 1 aromatic heterocycles. The first kappa shape index (κ1) is 23.9. The predicted molar refractivity (Wildman–Crippen MR) is 124 cm³/mol. The van der Waals surface area contributed by atoms with Gasteiger partial charge < -0.3 is 9.47 Å². The third-order valence-corrected chi connectivity index (χ3v) is 10.1. The molecule has 0 N–H and O–H groups in total. The summed E-state index contributed by atoms with van der Waals surface area (Å²) in [6, 6.07) is 8.14. The predicted octanol–water partition coefficient (Wildman–Crippen LogP) is 1.65. The zero-order valence-electron chi connectivity index (χ0n) is 19.0. The number of amides is 1. The summed E-state index contributed by atoms with van der Waals surface area (Å²) in [6.45, 7) is 3.74. The van der Waals surface area contributed by atoms with E-state index in [-0.39, 0.29) is 47.6 Å². The van der Waals surface area contributed by atoms with Gasteiger partial charge in [-0.1, -0.05) is 24.1 Å². The Labute approximate surface area is 195 Å². The van der Waals surface area contributed by atoms with Crippen LogP contribution in [0.4, 0.5) is 0 Å². The van der Waals surface area contributed by atoms with Crippen LogP contribution in [0.5, 0.6) is 0 Å². The van der Waals surface area contributed by atoms with Crippen molar-refractivity contribution in [2.45, 2.75) is 36.0 Å². The molecule has 0 atom stereocenters. The smallest absolute Gasteiger partial charge is 0.270 e. The Bertz CT molecular complexity index is 1220. The fraction of sp³-hybridized carbons (Fsp3) is 0.500. The lowest BCUT2D eigenvalue weighted by molar-refractivity contribution is 0.0688. The summed E-state index contributed by atoms with van der Waals surface area (Å²) in [5.41, 5.74) is 1.26. The van der Waals surface area contributed by atoms with Crippen LogP contribution in [0.1, 0.15) is 35.3 Å². The molecule has 1 amide bonds. The first-order chi connectivity index (χ1) is 15.6. The SMILES string of the molecule is Cc1ccc(S(=O)(=O)N2CCN(C(=O)c3cc(S(=O)(=O)N4CCCCC4)cn3C)CC2)cc1. The van der Waals surface area contributed by atoms with E-state index in [0.29, 0.717) is 13.1 Å². The number of benzene rings is 1. The number of aromatic nitrogens is 1. The topological polar surface area (TPSA) is 100 Å². The lowest BCUT2D eigenvalue weighted by atomic mass is 10.2. The second-order valence-electron chi connectivity index (χ2n) is 8.65. The van der Waals surface area contributed by atoms with E-state index in [1.807, 2.05) is 6.92 Å². The van der Waals surface area contributed by atoms with Crippen molar-refractivity contribution in [1.82, 2.24) is 18.1 Å². The van der Waals surface area contributed by atoms with Crippen molar-refractivity contribution in [3.05, 3.63) is 47.8 Å². The minimum atomic E-state index is -3.64. The Morgan fingerprint density at radius 2 is 1.30 bits per heavy atom. The molecule has 0 radical (unpaired) electrons. The average Bonchev–Trinajstić information content (AvgIpc) is 3.22. The van der Waals surface area contributed by atoms with Crippen molar-refractivity contribution in [2.75, 3.05) is 39.3 Å².